The zero-order valence-corrected chi connectivity index (χ0v) is 11.0. The van der Waals surface area contributed by atoms with E-state index in [0.29, 0.717) is 11.7 Å². The number of nitrogens with one attached hydrogen (secondary N) is 2. The molecule has 1 aromatic heterocycles. The van der Waals surface area contributed by atoms with Gasteiger partial charge >= 0.3 is 0 Å². The molecule has 1 aliphatic heterocycles. The summed E-state index contributed by atoms with van der Waals surface area (Å²) >= 11 is 0. The van der Waals surface area contributed by atoms with Crippen molar-refractivity contribution in [1.29, 1.82) is 0 Å². The Morgan fingerprint density at radius 3 is 3.11 bits per heavy atom. The summed E-state index contributed by atoms with van der Waals surface area (Å²) in [5.74, 6) is 0.0645. The molecule has 5 nitrogen and oxygen atoms in total. The number of amides is 1. The second kappa shape index (κ2) is 6.54. The summed E-state index contributed by atoms with van der Waals surface area (Å²) in [7, 11) is 0. The number of nitrogens with zero attached hydrogens (tertiary/aromatic N) is 2. The van der Waals surface area contributed by atoms with Crippen molar-refractivity contribution in [3.05, 3.63) is 18.0 Å². The number of carbonyl (C=O) groups is 1. The van der Waals surface area contributed by atoms with Crippen molar-refractivity contribution < 1.29 is 4.79 Å². The molecule has 1 saturated heterocycles. The number of aromatic amines is 1. The summed E-state index contributed by atoms with van der Waals surface area (Å²) in [6.45, 7) is 4.85. The third-order valence-corrected chi connectivity index (χ3v) is 3.40. The van der Waals surface area contributed by atoms with Crippen molar-refractivity contribution in [1.82, 2.24) is 20.4 Å². The van der Waals surface area contributed by atoms with Gasteiger partial charge in [0, 0.05) is 25.3 Å². The normalized spacial score (nSPS) is 19.1. The molecule has 1 fully saturated rings. The Morgan fingerprint density at radius 1 is 1.61 bits per heavy atom. The average molecular weight is 250 g/mol. The summed E-state index contributed by atoms with van der Waals surface area (Å²) in [4.78, 5) is 14.3. The van der Waals surface area contributed by atoms with Crippen molar-refractivity contribution in [3.8, 4) is 0 Å². The zero-order valence-electron chi connectivity index (χ0n) is 11.0. The molecule has 0 aliphatic carbocycles. The highest BCUT2D eigenvalue weighted by molar-refractivity contribution is 5.92. The molecule has 100 valence electrons. The summed E-state index contributed by atoms with van der Waals surface area (Å²) < 4.78 is 0. The minimum atomic E-state index is 0.0645. The standard InChI is InChI=1S/C13H22N4O/c1-2-3-9-17(10-11-5-4-7-14-11)13(18)12-6-8-15-16-12/h6,8,11,14H,2-5,7,9-10H2,1H3,(H,15,16). The summed E-state index contributed by atoms with van der Waals surface area (Å²) in [6.07, 6.45) is 6.15. The lowest BCUT2D eigenvalue weighted by Gasteiger charge is -2.25. The van der Waals surface area contributed by atoms with Crippen LogP contribution in [0.5, 0.6) is 0 Å². The lowest BCUT2D eigenvalue weighted by molar-refractivity contribution is 0.0733. The van der Waals surface area contributed by atoms with E-state index in [0.717, 1.165) is 32.5 Å². The number of hydrogen-bond acceptors (Lipinski definition) is 3. The molecule has 0 spiro atoms. The van der Waals surface area contributed by atoms with Gasteiger partial charge in [0.25, 0.3) is 5.91 Å². The minimum Gasteiger partial charge on any atom is -0.336 e. The number of aromatic nitrogens is 2. The topological polar surface area (TPSA) is 61.0 Å². The molecule has 2 heterocycles. The average Bonchev–Trinajstić information content (AvgIpc) is 3.06. The number of unbranched alkanes of at least 4 members (excludes halogenated alkanes) is 1. The largest absolute Gasteiger partial charge is 0.336 e. The van der Waals surface area contributed by atoms with Gasteiger partial charge in [-0.2, -0.15) is 5.10 Å². The van der Waals surface area contributed by atoms with E-state index >= 15 is 0 Å². The van der Waals surface area contributed by atoms with Gasteiger partial charge in [0.15, 0.2) is 0 Å². The molecule has 0 bridgehead atoms. The van der Waals surface area contributed by atoms with E-state index in [1.165, 1.54) is 12.8 Å². The van der Waals surface area contributed by atoms with E-state index in [1.54, 1.807) is 12.3 Å². The lowest BCUT2D eigenvalue weighted by atomic mass is 10.2. The molecule has 2 rings (SSSR count). The molecule has 5 heteroatoms. The SMILES string of the molecule is CCCCN(CC1CCCN1)C(=O)c1ccn[nH]1. The van der Waals surface area contributed by atoms with Crippen LogP contribution in [0.3, 0.4) is 0 Å². The highest BCUT2D eigenvalue weighted by Crippen LogP contribution is 2.10. The van der Waals surface area contributed by atoms with Crippen LogP contribution in [0.4, 0.5) is 0 Å². The summed E-state index contributed by atoms with van der Waals surface area (Å²) in [6, 6.07) is 2.19. The van der Waals surface area contributed by atoms with E-state index < -0.39 is 0 Å². The quantitative estimate of drug-likeness (QED) is 0.802. The van der Waals surface area contributed by atoms with Crippen molar-refractivity contribution in [2.45, 2.75) is 38.6 Å². The molecule has 0 radical (unpaired) electrons. The van der Waals surface area contributed by atoms with Crippen LogP contribution in [0, 0.1) is 0 Å². The third kappa shape index (κ3) is 3.32. The first kappa shape index (κ1) is 13.1. The number of hydrogen-bond donors (Lipinski definition) is 2. The molecule has 2 N–H and O–H groups in total. The molecule has 1 amide bonds. The Labute approximate surface area is 108 Å². The second-order valence-electron chi connectivity index (χ2n) is 4.87. The Hall–Kier alpha value is -1.36. The fourth-order valence-electron chi connectivity index (χ4n) is 2.35. The van der Waals surface area contributed by atoms with Crippen molar-refractivity contribution in [2.75, 3.05) is 19.6 Å². The number of H-pyrrole nitrogens is 1. The van der Waals surface area contributed by atoms with Gasteiger partial charge in [-0.25, -0.2) is 0 Å². The molecular weight excluding hydrogens is 228 g/mol. The van der Waals surface area contributed by atoms with Crippen molar-refractivity contribution in [2.24, 2.45) is 0 Å². The number of rotatable bonds is 6. The minimum absolute atomic E-state index is 0.0645. The molecule has 1 aliphatic rings. The van der Waals surface area contributed by atoms with Crippen LogP contribution in [0.15, 0.2) is 12.3 Å². The molecule has 0 aromatic carbocycles. The van der Waals surface area contributed by atoms with Gasteiger partial charge in [0.05, 0.1) is 0 Å². The predicted molar refractivity (Wildman–Crippen MR) is 70.4 cm³/mol. The van der Waals surface area contributed by atoms with Gasteiger partial charge in [-0.15, -0.1) is 0 Å². The van der Waals surface area contributed by atoms with Gasteiger partial charge in [-0.05, 0) is 31.9 Å². The van der Waals surface area contributed by atoms with Crippen LogP contribution in [0.1, 0.15) is 43.1 Å². The van der Waals surface area contributed by atoms with Gasteiger partial charge in [-0.3, -0.25) is 9.89 Å². The van der Waals surface area contributed by atoms with E-state index in [-0.39, 0.29) is 5.91 Å². The van der Waals surface area contributed by atoms with Crippen LogP contribution in [-0.2, 0) is 0 Å². The maximum absolute atomic E-state index is 12.3. The summed E-state index contributed by atoms with van der Waals surface area (Å²) in [5.41, 5.74) is 0.587. The van der Waals surface area contributed by atoms with Crippen LogP contribution >= 0.6 is 0 Å². The van der Waals surface area contributed by atoms with E-state index in [4.69, 9.17) is 0 Å². The number of carbonyl (C=O) groups excluding carboxylic acids is 1. The summed E-state index contributed by atoms with van der Waals surface area (Å²) in [5, 5.41) is 10.1. The molecule has 1 unspecified atom stereocenters. The van der Waals surface area contributed by atoms with Crippen molar-refractivity contribution >= 4 is 5.91 Å². The maximum Gasteiger partial charge on any atom is 0.271 e. The molecule has 1 aromatic rings. The second-order valence-corrected chi connectivity index (χ2v) is 4.87. The fraction of sp³-hybridized carbons (Fsp3) is 0.692. The van der Waals surface area contributed by atoms with Gasteiger partial charge in [-0.1, -0.05) is 13.3 Å². The first-order valence-electron chi connectivity index (χ1n) is 6.83. The van der Waals surface area contributed by atoms with Crippen LogP contribution in [0.2, 0.25) is 0 Å². The zero-order chi connectivity index (χ0) is 12.8. The van der Waals surface area contributed by atoms with Gasteiger partial charge < -0.3 is 10.2 Å². The van der Waals surface area contributed by atoms with E-state index in [1.807, 2.05) is 4.90 Å². The third-order valence-electron chi connectivity index (χ3n) is 3.40. The van der Waals surface area contributed by atoms with E-state index in [2.05, 4.69) is 22.4 Å². The highest BCUT2D eigenvalue weighted by atomic mass is 16.2. The molecule has 18 heavy (non-hydrogen) atoms. The first-order valence-corrected chi connectivity index (χ1v) is 6.83. The van der Waals surface area contributed by atoms with Crippen LogP contribution in [0.25, 0.3) is 0 Å². The van der Waals surface area contributed by atoms with Gasteiger partial charge in [0.2, 0.25) is 0 Å². The highest BCUT2D eigenvalue weighted by Gasteiger charge is 2.22. The maximum atomic E-state index is 12.3. The smallest absolute Gasteiger partial charge is 0.271 e. The molecule has 0 saturated carbocycles. The monoisotopic (exact) mass is 250 g/mol. The van der Waals surface area contributed by atoms with Gasteiger partial charge in [0.1, 0.15) is 5.69 Å². The Morgan fingerprint density at radius 2 is 2.50 bits per heavy atom. The van der Waals surface area contributed by atoms with Crippen LogP contribution < -0.4 is 5.32 Å². The molecular formula is C13H22N4O. The first-order chi connectivity index (χ1) is 8.81. The Balaban J connectivity index is 1.96. The molecule has 1 atom stereocenters. The fourth-order valence-corrected chi connectivity index (χ4v) is 2.35. The Bertz CT molecular complexity index is 357. The predicted octanol–water partition coefficient (Wildman–Crippen LogP) is 1.40. The van der Waals surface area contributed by atoms with Crippen molar-refractivity contribution in [3.63, 3.8) is 0 Å². The Kier molecular flexibility index (Phi) is 4.75. The van der Waals surface area contributed by atoms with E-state index in [9.17, 15) is 4.79 Å². The van der Waals surface area contributed by atoms with Crippen LogP contribution in [-0.4, -0.2) is 46.7 Å². The lowest BCUT2D eigenvalue weighted by Crippen LogP contribution is -2.41.